The first-order valence-electron chi connectivity index (χ1n) is 19.4. The minimum atomic E-state index is -1.24. The predicted molar refractivity (Wildman–Crippen MR) is 200 cm³/mol. The highest BCUT2D eigenvalue weighted by Gasteiger charge is 2.45. The molecule has 15 heteroatoms. The van der Waals surface area contributed by atoms with Gasteiger partial charge in [-0.2, -0.15) is 0 Å². The van der Waals surface area contributed by atoms with Crippen LogP contribution >= 0.6 is 0 Å². The number of carbonyl (C=O) groups excluding carboxylic acids is 7. The van der Waals surface area contributed by atoms with Gasteiger partial charge in [0.25, 0.3) is 5.91 Å². The fraction of sp³-hybridized carbons (Fsp3) is 0.667. The van der Waals surface area contributed by atoms with Crippen molar-refractivity contribution >= 4 is 41.4 Å². The number of alkyl carbamates (subject to hydrolysis) is 1. The highest BCUT2D eigenvalue weighted by molar-refractivity contribution is 6.38. The summed E-state index contributed by atoms with van der Waals surface area (Å²) in [6, 6.07) is 5.33. The third-order valence-electron chi connectivity index (χ3n) is 9.75. The lowest BCUT2D eigenvalue weighted by Crippen LogP contribution is -2.58. The first-order valence-corrected chi connectivity index (χ1v) is 19.4. The SMILES string of the molecule is CCCCC(NC(=O)CNC(=O)C(=O)C(CCC)NC(=O)C1CC(OCc2ccccc2)CN1C(=O)C(NC(=O)OCC(C)C)C1CCCCC1)C(N)=O. The van der Waals surface area contributed by atoms with E-state index in [1.165, 1.54) is 4.90 Å². The molecule has 0 aromatic heterocycles. The van der Waals surface area contributed by atoms with Crippen LogP contribution in [0.4, 0.5) is 4.79 Å². The lowest BCUT2D eigenvalue weighted by molar-refractivity contribution is -0.143. The van der Waals surface area contributed by atoms with Crippen LogP contribution in [0.2, 0.25) is 0 Å². The number of nitrogens with one attached hydrogen (secondary N) is 4. The molecular formula is C39H60N6O9. The second-order valence-corrected chi connectivity index (χ2v) is 14.7. The molecule has 1 heterocycles. The number of nitrogens with two attached hydrogens (primary N) is 1. The van der Waals surface area contributed by atoms with E-state index in [0.29, 0.717) is 19.3 Å². The van der Waals surface area contributed by atoms with Crippen molar-refractivity contribution in [3.63, 3.8) is 0 Å². The summed E-state index contributed by atoms with van der Waals surface area (Å²) in [5.41, 5.74) is 6.30. The fourth-order valence-electron chi connectivity index (χ4n) is 6.81. The van der Waals surface area contributed by atoms with Crippen molar-refractivity contribution in [3.05, 3.63) is 35.9 Å². The third kappa shape index (κ3) is 14.0. The molecule has 1 saturated heterocycles. The number of ether oxygens (including phenoxy) is 2. The maximum Gasteiger partial charge on any atom is 0.407 e. The van der Waals surface area contributed by atoms with E-state index >= 15 is 0 Å². The van der Waals surface area contributed by atoms with Gasteiger partial charge in [-0.05, 0) is 43.1 Å². The Labute approximate surface area is 318 Å². The van der Waals surface area contributed by atoms with Gasteiger partial charge < -0.3 is 41.4 Å². The Kier molecular flexibility index (Phi) is 18.4. The second-order valence-electron chi connectivity index (χ2n) is 14.7. The molecule has 5 atom stereocenters. The quantitative estimate of drug-likeness (QED) is 0.116. The summed E-state index contributed by atoms with van der Waals surface area (Å²) in [4.78, 5) is 93.3. The van der Waals surface area contributed by atoms with Crippen LogP contribution in [0, 0.1) is 11.8 Å². The zero-order chi connectivity index (χ0) is 39.6. The standard InChI is InChI=1S/C39H60N6O9/c1-5-7-19-30(35(40)48)42-32(46)21-41-37(50)34(47)29(14-6-2)43-36(49)31-20-28(53-24-26-15-10-8-11-16-26)22-45(31)38(51)33(27-17-12-9-13-18-27)44-39(52)54-23-25(3)4/h8,10-11,15-16,25,27-31,33H,5-7,9,12-14,17-24H2,1-4H3,(H2,40,48)(H,41,50)(H,42,46)(H,43,49)(H,44,52). The average molecular weight is 757 g/mol. The van der Waals surface area contributed by atoms with Crippen molar-refractivity contribution in [1.82, 2.24) is 26.2 Å². The van der Waals surface area contributed by atoms with Crippen molar-refractivity contribution in [3.8, 4) is 0 Å². The van der Waals surface area contributed by atoms with Crippen LogP contribution in [0.15, 0.2) is 30.3 Å². The number of benzene rings is 1. The van der Waals surface area contributed by atoms with Crippen LogP contribution in [-0.4, -0.2) is 96.3 Å². The second kappa shape index (κ2) is 22.6. The van der Waals surface area contributed by atoms with Crippen LogP contribution in [0.25, 0.3) is 0 Å². The number of carbonyl (C=O) groups is 7. The highest BCUT2D eigenvalue weighted by Crippen LogP contribution is 2.30. The number of primary amides is 1. The minimum Gasteiger partial charge on any atom is -0.449 e. The Morgan fingerprint density at radius 2 is 1.59 bits per heavy atom. The summed E-state index contributed by atoms with van der Waals surface area (Å²) in [6.45, 7) is 7.46. The van der Waals surface area contributed by atoms with Gasteiger partial charge in [0.15, 0.2) is 0 Å². The van der Waals surface area contributed by atoms with Crippen molar-refractivity contribution in [2.45, 2.75) is 135 Å². The van der Waals surface area contributed by atoms with Crippen molar-refractivity contribution < 1.29 is 43.0 Å². The van der Waals surface area contributed by atoms with Crippen molar-refractivity contribution in [1.29, 1.82) is 0 Å². The topological polar surface area (TPSA) is 215 Å². The summed E-state index contributed by atoms with van der Waals surface area (Å²) in [7, 11) is 0. The molecule has 2 fully saturated rings. The lowest BCUT2D eigenvalue weighted by atomic mass is 9.83. The maximum atomic E-state index is 14.5. The van der Waals surface area contributed by atoms with E-state index < -0.39 is 78.2 Å². The molecule has 1 aromatic rings. The number of hydrogen-bond donors (Lipinski definition) is 5. The van der Waals surface area contributed by atoms with E-state index in [1.54, 1.807) is 6.92 Å². The van der Waals surface area contributed by atoms with Gasteiger partial charge >= 0.3 is 6.09 Å². The zero-order valence-corrected chi connectivity index (χ0v) is 32.2. The molecule has 5 unspecified atom stereocenters. The first-order chi connectivity index (χ1) is 25.8. The Morgan fingerprint density at radius 3 is 2.22 bits per heavy atom. The summed E-state index contributed by atoms with van der Waals surface area (Å²) in [5.74, 6) is -4.59. The lowest BCUT2D eigenvalue weighted by Gasteiger charge is -2.34. The maximum absolute atomic E-state index is 14.5. The monoisotopic (exact) mass is 756 g/mol. The molecule has 300 valence electrons. The highest BCUT2D eigenvalue weighted by atomic mass is 16.5. The molecule has 6 N–H and O–H groups in total. The number of amides is 6. The van der Waals surface area contributed by atoms with E-state index in [4.69, 9.17) is 15.2 Å². The number of rotatable bonds is 21. The molecule has 3 rings (SSSR count). The van der Waals surface area contributed by atoms with Gasteiger partial charge in [-0.15, -0.1) is 0 Å². The van der Waals surface area contributed by atoms with Crippen LogP contribution in [0.1, 0.15) is 104 Å². The molecule has 0 radical (unpaired) electrons. The van der Waals surface area contributed by atoms with Crippen LogP contribution in [0.5, 0.6) is 0 Å². The van der Waals surface area contributed by atoms with E-state index in [-0.39, 0.29) is 44.4 Å². The van der Waals surface area contributed by atoms with Gasteiger partial charge in [0.05, 0.1) is 31.9 Å². The number of Topliss-reactive ketones (excluding diaryl/α,β-unsaturated/α-hetero) is 1. The third-order valence-corrected chi connectivity index (χ3v) is 9.75. The Bertz CT molecular complexity index is 1420. The van der Waals surface area contributed by atoms with E-state index in [0.717, 1.165) is 44.1 Å². The zero-order valence-electron chi connectivity index (χ0n) is 32.2. The summed E-state index contributed by atoms with van der Waals surface area (Å²) < 4.78 is 11.6. The van der Waals surface area contributed by atoms with Gasteiger partial charge in [-0.25, -0.2) is 4.79 Å². The first kappa shape index (κ1) is 43.9. The molecule has 1 aromatic carbocycles. The largest absolute Gasteiger partial charge is 0.449 e. The van der Waals surface area contributed by atoms with Crippen molar-refractivity contribution in [2.75, 3.05) is 19.7 Å². The van der Waals surface area contributed by atoms with E-state index in [2.05, 4.69) is 21.3 Å². The van der Waals surface area contributed by atoms with E-state index in [1.807, 2.05) is 51.1 Å². The summed E-state index contributed by atoms with van der Waals surface area (Å²) in [5, 5.41) is 10.3. The molecule has 6 amide bonds. The molecule has 0 spiro atoms. The van der Waals surface area contributed by atoms with Gasteiger partial charge in [-0.3, -0.25) is 28.8 Å². The van der Waals surface area contributed by atoms with Gasteiger partial charge in [-0.1, -0.05) is 96.6 Å². The summed E-state index contributed by atoms with van der Waals surface area (Å²) >= 11 is 0. The molecule has 1 saturated carbocycles. The average Bonchev–Trinajstić information content (AvgIpc) is 3.60. The number of nitrogens with zero attached hydrogens (tertiary/aromatic N) is 1. The minimum absolute atomic E-state index is 0.0717. The number of hydrogen-bond acceptors (Lipinski definition) is 9. The Hall–Kier alpha value is -4.53. The predicted octanol–water partition coefficient (Wildman–Crippen LogP) is 2.63. The molecule has 0 bridgehead atoms. The number of likely N-dealkylation sites (tertiary alicyclic amines) is 1. The Morgan fingerprint density at radius 1 is 0.889 bits per heavy atom. The normalized spacial score (nSPS) is 18.9. The van der Waals surface area contributed by atoms with Gasteiger partial charge in [0.1, 0.15) is 18.1 Å². The van der Waals surface area contributed by atoms with Crippen LogP contribution < -0.4 is 27.0 Å². The molecule has 2 aliphatic rings. The molecule has 54 heavy (non-hydrogen) atoms. The van der Waals surface area contributed by atoms with Gasteiger partial charge in [0.2, 0.25) is 29.4 Å². The Balaban J connectivity index is 1.78. The van der Waals surface area contributed by atoms with Crippen LogP contribution in [-0.2, 0) is 44.8 Å². The fourth-order valence-corrected chi connectivity index (χ4v) is 6.81. The number of unbranched alkanes of at least 4 members (excludes halogenated alkanes) is 1. The van der Waals surface area contributed by atoms with Crippen molar-refractivity contribution in [2.24, 2.45) is 17.6 Å². The molecule has 15 nitrogen and oxygen atoms in total. The number of ketones is 1. The molecule has 1 aliphatic carbocycles. The van der Waals surface area contributed by atoms with E-state index in [9.17, 15) is 33.6 Å². The van der Waals surface area contributed by atoms with Crippen LogP contribution in [0.3, 0.4) is 0 Å². The molecule has 1 aliphatic heterocycles. The smallest absolute Gasteiger partial charge is 0.407 e. The summed E-state index contributed by atoms with van der Waals surface area (Å²) in [6.07, 6.45) is 5.50. The molecular weight excluding hydrogens is 696 g/mol. The van der Waals surface area contributed by atoms with Gasteiger partial charge in [0, 0.05) is 13.0 Å².